The van der Waals surface area contributed by atoms with E-state index in [1.807, 2.05) is 29.5 Å². The van der Waals surface area contributed by atoms with Crippen LogP contribution in [0.1, 0.15) is 45.6 Å². The summed E-state index contributed by atoms with van der Waals surface area (Å²) >= 11 is 1.82. The number of benzene rings is 2. The highest BCUT2D eigenvalue weighted by atomic mass is 32.1. The average molecular weight is 407 g/mol. The molecule has 1 saturated heterocycles. The van der Waals surface area contributed by atoms with E-state index in [0.717, 1.165) is 31.7 Å². The zero-order chi connectivity index (χ0) is 20.2. The van der Waals surface area contributed by atoms with Crippen LogP contribution in [0.15, 0.2) is 60.7 Å². The van der Waals surface area contributed by atoms with Crippen molar-refractivity contribution in [1.82, 2.24) is 5.32 Å². The average Bonchev–Trinajstić information content (AvgIpc) is 3.44. The van der Waals surface area contributed by atoms with Crippen molar-refractivity contribution in [3.8, 4) is 10.4 Å². The molecule has 0 aliphatic carbocycles. The smallest absolute Gasteiger partial charge is 0.248 e. The molecule has 5 heteroatoms. The molecule has 29 heavy (non-hydrogen) atoms. The maximum absolute atomic E-state index is 11.8. The molecule has 1 aliphatic rings. The number of thiophene rings is 1. The normalized spacial score (nSPS) is 17.3. The second-order valence-electron chi connectivity index (χ2n) is 7.51. The van der Waals surface area contributed by atoms with E-state index in [9.17, 15) is 4.79 Å². The third-order valence-corrected chi connectivity index (χ3v) is 6.65. The first-order valence-electron chi connectivity index (χ1n) is 10.0. The second kappa shape index (κ2) is 8.91. The molecular formula is C24H26N2O2S. The van der Waals surface area contributed by atoms with E-state index in [4.69, 9.17) is 10.5 Å². The minimum Gasteiger partial charge on any atom is -0.380 e. The van der Waals surface area contributed by atoms with Crippen molar-refractivity contribution in [2.45, 2.75) is 31.8 Å². The first-order valence-corrected chi connectivity index (χ1v) is 10.8. The molecule has 1 aromatic heterocycles. The Morgan fingerprint density at radius 2 is 2.07 bits per heavy atom. The van der Waals surface area contributed by atoms with Gasteiger partial charge in [0.15, 0.2) is 0 Å². The minimum atomic E-state index is -0.383. The van der Waals surface area contributed by atoms with Crippen LogP contribution in [0.5, 0.6) is 0 Å². The van der Waals surface area contributed by atoms with Gasteiger partial charge in [0.05, 0.1) is 6.61 Å². The summed E-state index contributed by atoms with van der Waals surface area (Å²) in [6.45, 7) is 4.66. The van der Waals surface area contributed by atoms with E-state index in [-0.39, 0.29) is 11.8 Å². The molecule has 1 fully saturated rings. The van der Waals surface area contributed by atoms with E-state index >= 15 is 0 Å². The van der Waals surface area contributed by atoms with Gasteiger partial charge in [0.2, 0.25) is 5.91 Å². The lowest BCUT2D eigenvalue weighted by molar-refractivity contribution is 0.0999. The van der Waals surface area contributed by atoms with E-state index < -0.39 is 0 Å². The minimum absolute atomic E-state index is 0.0853. The van der Waals surface area contributed by atoms with Gasteiger partial charge in [-0.25, -0.2) is 0 Å². The molecule has 3 N–H and O–H groups in total. The molecule has 1 aliphatic heterocycles. The third kappa shape index (κ3) is 4.58. The summed E-state index contributed by atoms with van der Waals surface area (Å²) in [7, 11) is 0. The molecule has 0 spiro atoms. The van der Waals surface area contributed by atoms with Gasteiger partial charge in [-0.1, -0.05) is 43.3 Å². The second-order valence-corrected chi connectivity index (χ2v) is 8.67. The Labute approximate surface area is 175 Å². The zero-order valence-electron chi connectivity index (χ0n) is 16.6. The number of ether oxygens (including phenoxy) is 1. The fraction of sp³-hybridized carbons (Fsp3) is 0.292. The van der Waals surface area contributed by atoms with Crippen molar-refractivity contribution in [2.75, 3.05) is 13.2 Å². The lowest BCUT2D eigenvalue weighted by atomic mass is 9.88. The number of amides is 1. The molecule has 2 aromatic carbocycles. The number of nitrogens with two attached hydrogens (primary N) is 1. The Morgan fingerprint density at radius 1 is 1.21 bits per heavy atom. The van der Waals surface area contributed by atoms with Gasteiger partial charge < -0.3 is 15.8 Å². The molecule has 4 nitrogen and oxygen atoms in total. The van der Waals surface area contributed by atoms with Gasteiger partial charge in [0.1, 0.15) is 0 Å². The monoisotopic (exact) mass is 406 g/mol. The summed E-state index contributed by atoms with van der Waals surface area (Å²) in [6, 6.07) is 21.0. The summed E-state index contributed by atoms with van der Waals surface area (Å²) in [5, 5.41) is 3.57. The molecular weight excluding hydrogens is 380 g/mol. The zero-order valence-corrected chi connectivity index (χ0v) is 17.4. The highest BCUT2D eigenvalue weighted by Crippen LogP contribution is 2.33. The highest BCUT2D eigenvalue weighted by Gasteiger charge is 2.17. The predicted octanol–water partition coefficient (Wildman–Crippen LogP) is 4.54. The Morgan fingerprint density at radius 3 is 2.86 bits per heavy atom. The SMILES string of the molecule is C[C@H](c1cccc(-c2ccc(CN[C@@H]3CCOC3)s2)c1)c1ccccc1C(N)=O. The van der Waals surface area contributed by atoms with Gasteiger partial charge in [-0.05, 0) is 47.4 Å². The van der Waals surface area contributed by atoms with Crippen LogP contribution in [-0.2, 0) is 11.3 Å². The molecule has 0 unspecified atom stereocenters. The van der Waals surface area contributed by atoms with Gasteiger partial charge in [-0.3, -0.25) is 4.79 Å². The van der Waals surface area contributed by atoms with Crippen molar-refractivity contribution in [3.05, 3.63) is 82.2 Å². The third-order valence-electron chi connectivity index (χ3n) is 5.52. The first-order chi connectivity index (χ1) is 14.1. The van der Waals surface area contributed by atoms with Crippen LogP contribution < -0.4 is 11.1 Å². The number of hydrogen-bond acceptors (Lipinski definition) is 4. The standard InChI is InChI=1S/C24H26N2O2S/c1-16(21-7-2-3-8-22(21)24(25)27)17-5-4-6-18(13-17)23-10-9-20(29-23)14-26-19-11-12-28-15-19/h2-10,13,16,19,26H,11-12,14-15H2,1H3,(H2,25,27)/t16-,19-/m1/s1. The van der Waals surface area contributed by atoms with Crippen LogP contribution in [0.4, 0.5) is 0 Å². The van der Waals surface area contributed by atoms with Gasteiger partial charge in [-0.15, -0.1) is 11.3 Å². The number of primary amides is 1. The fourth-order valence-corrected chi connectivity index (χ4v) is 4.76. The molecule has 2 heterocycles. The van der Waals surface area contributed by atoms with Gasteiger partial charge in [-0.2, -0.15) is 0 Å². The number of carbonyl (C=O) groups excluding carboxylic acids is 1. The lowest BCUT2D eigenvalue weighted by Crippen LogP contribution is -2.28. The maximum atomic E-state index is 11.8. The Balaban J connectivity index is 1.52. The Kier molecular flexibility index (Phi) is 6.09. The van der Waals surface area contributed by atoms with E-state index in [0.29, 0.717) is 11.6 Å². The summed E-state index contributed by atoms with van der Waals surface area (Å²) in [4.78, 5) is 14.4. The van der Waals surface area contributed by atoms with Crippen LogP contribution in [0.3, 0.4) is 0 Å². The molecule has 150 valence electrons. The number of carbonyl (C=O) groups is 1. The van der Waals surface area contributed by atoms with Crippen molar-refractivity contribution in [1.29, 1.82) is 0 Å². The summed E-state index contributed by atoms with van der Waals surface area (Å²) in [6.07, 6.45) is 1.09. The molecule has 4 rings (SSSR count). The molecule has 0 bridgehead atoms. The van der Waals surface area contributed by atoms with E-state index in [2.05, 4.69) is 48.6 Å². The first kappa shape index (κ1) is 19.8. The van der Waals surface area contributed by atoms with Crippen LogP contribution in [0.2, 0.25) is 0 Å². The summed E-state index contributed by atoms with van der Waals surface area (Å²) in [5.74, 6) is -0.297. The summed E-state index contributed by atoms with van der Waals surface area (Å²) < 4.78 is 5.43. The summed E-state index contributed by atoms with van der Waals surface area (Å²) in [5.41, 5.74) is 9.50. The maximum Gasteiger partial charge on any atom is 0.248 e. The van der Waals surface area contributed by atoms with Gasteiger partial charge >= 0.3 is 0 Å². The van der Waals surface area contributed by atoms with Crippen molar-refractivity contribution < 1.29 is 9.53 Å². The lowest BCUT2D eigenvalue weighted by Gasteiger charge is -2.16. The number of nitrogens with one attached hydrogen (secondary N) is 1. The van der Waals surface area contributed by atoms with Crippen molar-refractivity contribution >= 4 is 17.2 Å². The molecule has 1 amide bonds. The van der Waals surface area contributed by atoms with E-state index in [1.54, 1.807) is 6.07 Å². The number of rotatable bonds is 7. The fourth-order valence-electron chi connectivity index (χ4n) is 3.81. The molecule has 0 saturated carbocycles. The molecule has 3 aromatic rings. The van der Waals surface area contributed by atoms with E-state index in [1.165, 1.54) is 20.9 Å². The number of hydrogen-bond donors (Lipinski definition) is 2. The van der Waals surface area contributed by atoms with Gasteiger partial charge in [0, 0.05) is 40.4 Å². The van der Waals surface area contributed by atoms with Crippen molar-refractivity contribution in [3.63, 3.8) is 0 Å². The van der Waals surface area contributed by atoms with Crippen LogP contribution in [-0.4, -0.2) is 25.2 Å². The highest BCUT2D eigenvalue weighted by molar-refractivity contribution is 7.15. The Hall–Kier alpha value is -2.47. The topological polar surface area (TPSA) is 64.3 Å². The van der Waals surface area contributed by atoms with Gasteiger partial charge in [0.25, 0.3) is 0 Å². The van der Waals surface area contributed by atoms with Crippen LogP contribution in [0, 0.1) is 0 Å². The molecule has 2 atom stereocenters. The van der Waals surface area contributed by atoms with Crippen LogP contribution >= 0.6 is 11.3 Å². The Bertz CT molecular complexity index is 992. The largest absolute Gasteiger partial charge is 0.380 e. The quantitative estimate of drug-likeness (QED) is 0.605. The molecule has 0 radical (unpaired) electrons. The van der Waals surface area contributed by atoms with Crippen LogP contribution in [0.25, 0.3) is 10.4 Å². The predicted molar refractivity (Wildman–Crippen MR) is 118 cm³/mol. The van der Waals surface area contributed by atoms with Crippen molar-refractivity contribution in [2.24, 2.45) is 5.73 Å².